The van der Waals surface area contributed by atoms with Crippen molar-refractivity contribution in [3.63, 3.8) is 0 Å². The highest BCUT2D eigenvalue weighted by Crippen LogP contribution is 2.12. The Bertz CT molecular complexity index is 548. The Kier molecular flexibility index (Phi) is 17.8. The van der Waals surface area contributed by atoms with Crippen LogP contribution in [0.5, 0.6) is 0 Å². The fourth-order valence-corrected chi connectivity index (χ4v) is 2.69. The molecule has 0 fully saturated rings. The van der Waals surface area contributed by atoms with Crippen LogP contribution in [0.2, 0.25) is 0 Å². The molecular weight excluding hydrogens is 382 g/mol. The van der Waals surface area contributed by atoms with Crippen molar-refractivity contribution >= 4 is 17.4 Å². The van der Waals surface area contributed by atoms with E-state index in [0.717, 1.165) is 68.5 Å². The van der Waals surface area contributed by atoms with E-state index in [1.807, 2.05) is 13.0 Å². The summed E-state index contributed by atoms with van der Waals surface area (Å²) in [6, 6.07) is 0.125. The summed E-state index contributed by atoms with van der Waals surface area (Å²) in [5.41, 5.74) is 1.04. The molecule has 166 valence electrons. The van der Waals surface area contributed by atoms with Gasteiger partial charge in [0, 0.05) is 24.7 Å². The van der Waals surface area contributed by atoms with E-state index in [9.17, 15) is 0 Å². The summed E-state index contributed by atoms with van der Waals surface area (Å²) < 4.78 is 5.74. The molecule has 0 aromatic rings. The van der Waals surface area contributed by atoms with Gasteiger partial charge in [-0.25, -0.2) is 0 Å². The number of rotatable bonds is 16. The first-order chi connectivity index (χ1) is 14.0. The van der Waals surface area contributed by atoms with Gasteiger partial charge in [0.15, 0.2) is 0 Å². The van der Waals surface area contributed by atoms with E-state index in [1.54, 1.807) is 0 Å². The van der Waals surface area contributed by atoms with Crippen molar-refractivity contribution in [2.75, 3.05) is 39.4 Å². The number of amidine groups is 1. The predicted molar refractivity (Wildman–Crippen MR) is 130 cm³/mol. The zero-order chi connectivity index (χ0) is 21.9. The van der Waals surface area contributed by atoms with Gasteiger partial charge in [0.2, 0.25) is 0 Å². The van der Waals surface area contributed by atoms with Gasteiger partial charge < -0.3 is 15.0 Å². The van der Waals surface area contributed by atoms with E-state index in [1.165, 1.54) is 0 Å². The van der Waals surface area contributed by atoms with Crippen LogP contribution in [-0.4, -0.2) is 56.2 Å². The maximum Gasteiger partial charge on any atom is 0.114 e. The number of nitrogens with zero attached hydrogens (tertiary/aromatic N) is 2. The highest BCUT2D eigenvalue weighted by atomic mass is 35.5. The molecule has 4 nitrogen and oxygen atoms in total. The van der Waals surface area contributed by atoms with Crippen LogP contribution >= 0.6 is 11.6 Å². The average molecular weight is 424 g/mol. The fraction of sp³-hybridized carbons (Fsp3) is 0.625. The Morgan fingerprint density at radius 3 is 2.45 bits per heavy atom. The highest BCUT2D eigenvalue weighted by molar-refractivity contribution is 6.29. The van der Waals surface area contributed by atoms with Gasteiger partial charge in [0.1, 0.15) is 5.84 Å². The lowest BCUT2D eigenvalue weighted by Crippen LogP contribution is -2.41. The summed E-state index contributed by atoms with van der Waals surface area (Å²) in [6.07, 6.45) is 13.3. The van der Waals surface area contributed by atoms with Crippen LogP contribution in [0, 0.1) is 0 Å². The molecule has 0 aliphatic carbocycles. The standard InChI is InChI=1S/C24H42ClN3O/c1-7-12-14-22(21(6)25)15-13-16-28(17-19-29-18-8-2)24(20-26-11-5)27-23(9-3)10-4/h9,12-15,23,26H,3,7-8,10-11,16-20H2,1-2,4-6H3/b14-12-,15-13+,22-21-,27-24-. The van der Waals surface area contributed by atoms with Crippen molar-refractivity contribution < 1.29 is 4.74 Å². The first-order valence-corrected chi connectivity index (χ1v) is 11.3. The molecule has 0 aliphatic heterocycles. The summed E-state index contributed by atoms with van der Waals surface area (Å²) in [5.74, 6) is 1.04. The van der Waals surface area contributed by atoms with Crippen LogP contribution < -0.4 is 5.32 Å². The van der Waals surface area contributed by atoms with Crippen molar-refractivity contribution in [3.05, 3.63) is 47.6 Å². The Morgan fingerprint density at radius 2 is 1.90 bits per heavy atom. The molecule has 0 saturated carbocycles. The summed E-state index contributed by atoms with van der Waals surface area (Å²) in [7, 11) is 0. The van der Waals surface area contributed by atoms with Crippen molar-refractivity contribution in [2.24, 2.45) is 4.99 Å². The molecule has 0 saturated heterocycles. The second kappa shape index (κ2) is 18.7. The largest absolute Gasteiger partial charge is 0.380 e. The lowest BCUT2D eigenvalue weighted by atomic mass is 10.2. The molecule has 0 aromatic carbocycles. The summed E-state index contributed by atoms with van der Waals surface area (Å²) in [4.78, 5) is 7.24. The Balaban J connectivity index is 5.48. The molecule has 1 atom stereocenters. The molecular formula is C24H42ClN3O. The molecule has 0 bridgehead atoms. The number of aliphatic imine (C=N–C) groups is 1. The topological polar surface area (TPSA) is 36.9 Å². The lowest BCUT2D eigenvalue weighted by molar-refractivity contribution is 0.122. The fourth-order valence-electron chi connectivity index (χ4n) is 2.56. The van der Waals surface area contributed by atoms with Crippen LogP contribution in [0.15, 0.2) is 52.6 Å². The summed E-state index contributed by atoms with van der Waals surface area (Å²) >= 11 is 6.25. The Morgan fingerprint density at radius 1 is 1.17 bits per heavy atom. The highest BCUT2D eigenvalue weighted by Gasteiger charge is 2.12. The van der Waals surface area contributed by atoms with E-state index < -0.39 is 0 Å². The van der Waals surface area contributed by atoms with Gasteiger partial charge in [0.05, 0.1) is 19.2 Å². The minimum Gasteiger partial charge on any atom is -0.380 e. The number of hydrogen-bond acceptors (Lipinski definition) is 3. The normalized spacial score (nSPS) is 14.5. The van der Waals surface area contributed by atoms with Crippen molar-refractivity contribution in [3.8, 4) is 0 Å². The van der Waals surface area contributed by atoms with Gasteiger partial charge in [0.25, 0.3) is 0 Å². The molecule has 29 heavy (non-hydrogen) atoms. The van der Waals surface area contributed by atoms with E-state index in [4.69, 9.17) is 21.3 Å². The van der Waals surface area contributed by atoms with Crippen LogP contribution in [-0.2, 0) is 4.74 Å². The van der Waals surface area contributed by atoms with E-state index in [-0.39, 0.29) is 6.04 Å². The number of likely N-dealkylation sites (N-methyl/N-ethyl adjacent to an activating group) is 1. The molecule has 1 N–H and O–H groups in total. The maximum atomic E-state index is 6.25. The summed E-state index contributed by atoms with van der Waals surface area (Å²) in [6.45, 7) is 19.0. The van der Waals surface area contributed by atoms with Crippen molar-refractivity contribution in [1.82, 2.24) is 10.2 Å². The lowest BCUT2D eigenvalue weighted by Gasteiger charge is -2.26. The molecule has 0 heterocycles. The van der Waals surface area contributed by atoms with E-state index in [2.05, 4.69) is 68.8 Å². The van der Waals surface area contributed by atoms with Gasteiger partial charge >= 0.3 is 0 Å². The van der Waals surface area contributed by atoms with Crippen LogP contribution in [0.4, 0.5) is 0 Å². The molecule has 5 heteroatoms. The van der Waals surface area contributed by atoms with Crippen LogP contribution in [0.3, 0.4) is 0 Å². The molecule has 0 aliphatic rings. The Hall–Kier alpha value is -1.36. The molecule has 0 aromatic heterocycles. The average Bonchev–Trinajstić information content (AvgIpc) is 2.72. The second-order valence-corrected chi connectivity index (χ2v) is 7.36. The number of halogens is 1. The third-order valence-corrected chi connectivity index (χ3v) is 4.53. The predicted octanol–water partition coefficient (Wildman–Crippen LogP) is 5.72. The molecule has 0 rings (SSSR count). The number of allylic oxidation sites excluding steroid dienone is 5. The monoisotopic (exact) mass is 423 g/mol. The van der Waals surface area contributed by atoms with Gasteiger partial charge in [-0.05, 0) is 38.3 Å². The number of ether oxygens (including phenoxy) is 1. The zero-order valence-corrected chi connectivity index (χ0v) is 20.0. The van der Waals surface area contributed by atoms with Gasteiger partial charge in [-0.3, -0.25) is 4.99 Å². The third-order valence-electron chi connectivity index (χ3n) is 4.31. The van der Waals surface area contributed by atoms with Gasteiger partial charge in [-0.2, -0.15) is 0 Å². The Labute approximate surface area is 184 Å². The second-order valence-electron chi connectivity index (χ2n) is 6.80. The zero-order valence-electron chi connectivity index (χ0n) is 19.2. The third kappa shape index (κ3) is 13.5. The number of hydrogen-bond donors (Lipinski definition) is 1. The quantitative estimate of drug-likeness (QED) is 0.113. The summed E-state index contributed by atoms with van der Waals surface area (Å²) in [5, 5.41) is 4.21. The first kappa shape index (κ1) is 27.6. The number of nitrogens with one attached hydrogen (secondary N) is 1. The van der Waals surface area contributed by atoms with E-state index >= 15 is 0 Å². The van der Waals surface area contributed by atoms with Crippen molar-refractivity contribution in [2.45, 2.75) is 59.9 Å². The van der Waals surface area contributed by atoms with E-state index in [0.29, 0.717) is 6.61 Å². The molecule has 1 unspecified atom stereocenters. The van der Waals surface area contributed by atoms with Gasteiger partial charge in [-0.1, -0.05) is 69.7 Å². The molecule has 0 amide bonds. The molecule has 0 spiro atoms. The van der Waals surface area contributed by atoms with Crippen LogP contribution in [0.1, 0.15) is 53.9 Å². The minimum absolute atomic E-state index is 0.125. The minimum atomic E-state index is 0.125. The van der Waals surface area contributed by atoms with Gasteiger partial charge in [-0.15, -0.1) is 6.58 Å². The maximum absolute atomic E-state index is 6.25. The first-order valence-electron chi connectivity index (χ1n) is 11.0. The molecule has 0 radical (unpaired) electrons. The smallest absolute Gasteiger partial charge is 0.114 e. The van der Waals surface area contributed by atoms with Crippen molar-refractivity contribution in [1.29, 1.82) is 0 Å². The SMILES string of the molecule is C=CC(CC)/N=C(/CNCC)N(C/C=C/C(/C=C\CC)=C(/C)Cl)CCOCCC. The van der Waals surface area contributed by atoms with Crippen LogP contribution in [0.25, 0.3) is 0 Å².